The van der Waals surface area contributed by atoms with Gasteiger partial charge in [0.2, 0.25) is 0 Å². The summed E-state index contributed by atoms with van der Waals surface area (Å²) in [4.78, 5) is 0. The first-order chi connectivity index (χ1) is 9.28. The van der Waals surface area contributed by atoms with Gasteiger partial charge in [0.05, 0.1) is 0 Å². The molecule has 0 fully saturated rings. The molecule has 0 aromatic carbocycles. The molecule has 4 heteroatoms. The van der Waals surface area contributed by atoms with Gasteiger partial charge in [-0.15, -0.1) is 0 Å². The summed E-state index contributed by atoms with van der Waals surface area (Å²) in [5.41, 5.74) is 4.82. The molecular weight excluding hydrogens is 367 g/mol. The van der Waals surface area contributed by atoms with Gasteiger partial charge in [0, 0.05) is 0 Å². The molecule has 22 heavy (non-hydrogen) atoms. The second-order valence-corrected chi connectivity index (χ2v) is 9.08. The Balaban J connectivity index is 0.00000220. The van der Waals surface area contributed by atoms with Gasteiger partial charge in [-0.3, -0.25) is 0 Å². The van der Waals surface area contributed by atoms with E-state index in [0.717, 1.165) is 12.8 Å². The summed E-state index contributed by atoms with van der Waals surface area (Å²) in [5, 5.41) is 0. The van der Waals surface area contributed by atoms with E-state index in [1.165, 1.54) is 12.0 Å². The predicted octanol–water partition coefficient (Wildman–Crippen LogP) is -0.430. The SMILES string of the molecule is CSC1(CC2=[C]([Ti+2])CC=C2)CC=C(C)C=C1C(C)(C)C.[Cl-].[Cl-]. The van der Waals surface area contributed by atoms with Crippen LogP contribution in [0.3, 0.4) is 0 Å². The third-order valence-electron chi connectivity index (χ3n) is 4.32. The van der Waals surface area contributed by atoms with Crippen molar-refractivity contribution in [1.82, 2.24) is 0 Å². The van der Waals surface area contributed by atoms with E-state index in [1.54, 1.807) is 15.0 Å². The van der Waals surface area contributed by atoms with Gasteiger partial charge >= 0.3 is 140 Å². The van der Waals surface area contributed by atoms with Gasteiger partial charge in [-0.25, -0.2) is 0 Å². The van der Waals surface area contributed by atoms with E-state index in [4.69, 9.17) is 0 Å². The van der Waals surface area contributed by atoms with Crippen LogP contribution in [0.25, 0.3) is 0 Å². The average molecular weight is 392 g/mol. The molecule has 0 saturated carbocycles. The van der Waals surface area contributed by atoms with Gasteiger partial charge in [0.15, 0.2) is 0 Å². The Morgan fingerprint density at radius 2 is 1.91 bits per heavy atom. The fourth-order valence-electron chi connectivity index (χ4n) is 3.21. The van der Waals surface area contributed by atoms with Crippen molar-refractivity contribution in [2.45, 2.75) is 51.7 Å². The third kappa shape index (κ3) is 4.80. The normalized spacial score (nSPS) is 24.5. The maximum absolute atomic E-state index is 2.44. The number of halogens is 2. The van der Waals surface area contributed by atoms with Crippen molar-refractivity contribution in [3.8, 4) is 0 Å². The molecule has 0 bridgehead atoms. The minimum atomic E-state index is 0. The van der Waals surface area contributed by atoms with E-state index >= 15 is 0 Å². The number of hydrogen-bond acceptors (Lipinski definition) is 1. The van der Waals surface area contributed by atoms with Crippen molar-refractivity contribution >= 4 is 11.8 Å². The molecule has 2 aliphatic rings. The fourth-order valence-corrected chi connectivity index (χ4v) is 4.80. The zero-order valence-electron chi connectivity index (χ0n) is 14.1. The maximum atomic E-state index is 2.44. The minimum Gasteiger partial charge on any atom is -1.00 e. The molecule has 0 amide bonds. The summed E-state index contributed by atoms with van der Waals surface area (Å²) in [7, 11) is 0. The molecule has 0 N–H and O–H groups in total. The van der Waals surface area contributed by atoms with Gasteiger partial charge in [-0.1, -0.05) is 0 Å². The van der Waals surface area contributed by atoms with Crippen LogP contribution in [0.15, 0.2) is 44.9 Å². The van der Waals surface area contributed by atoms with Crippen molar-refractivity contribution in [2.75, 3.05) is 6.26 Å². The molecule has 0 heterocycles. The van der Waals surface area contributed by atoms with Gasteiger partial charge < -0.3 is 24.8 Å². The smallest absolute Gasteiger partial charge is 1.00 e. The van der Waals surface area contributed by atoms with Crippen LogP contribution in [-0.2, 0) is 20.4 Å². The Labute approximate surface area is 164 Å². The Hall–Kier alpha value is 0.604. The van der Waals surface area contributed by atoms with E-state index in [2.05, 4.69) is 78.7 Å². The Morgan fingerprint density at radius 3 is 2.36 bits per heavy atom. The van der Waals surface area contributed by atoms with Crippen molar-refractivity contribution < 1.29 is 45.2 Å². The van der Waals surface area contributed by atoms with E-state index in [0.29, 0.717) is 0 Å². The predicted molar refractivity (Wildman–Crippen MR) is 87.6 cm³/mol. The van der Waals surface area contributed by atoms with Crippen molar-refractivity contribution in [3.05, 3.63) is 44.9 Å². The van der Waals surface area contributed by atoms with Gasteiger partial charge in [0.1, 0.15) is 0 Å². The van der Waals surface area contributed by atoms with Crippen LogP contribution in [-0.4, -0.2) is 11.0 Å². The Morgan fingerprint density at radius 1 is 1.27 bits per heavy atom. The van der Waals surface area contributed by atoms with Crippen molar-refractivity contribution in [2.24, 2.45) is 5.41 Å². The minimum absolute atomic E-state index is 0. The topological polar surface area (TPSA) is 0 Å². The van der Waals surface area contributed by atoms with Gasteiger partial charge in [-0.2, -0.15) is 0 Å². The quantitative estimate of drug-likeness (QED) is 0.588. The summed E-state index contributed by atoms with van der Waals surface area (Å²) in [6.07, 6.45) is 15.3. The van der Waals surface area contributed by atoms with Gasteiger partial charge in [-0.05, 0) is 0 Å². The van der Waals surface area contributed by atoms with E-state index in [1.807, 2.05) is 11.8 Å². The summed E-state index contributed by atoms with van der Waals surface area (Å²) in [6, 6.07) is 0. The van der Waals surface area contributed by atoms with E-state index in [-0.39, 0.29) is 35.0 Å². The van der Waals surface area contributed by atoms with Crippen LogP contribution >= 0.6 is 11.8 Å². The molecule has 0 aromatic heterocycles. The standard InChI is InChI=1S/C18H25S.2ClH.Ti/c1-14-10-11-18(19-5,13-15-8-6-7-9-15)16(12-14)17(2,3)4;;;/h6,8,10,12H,7,11,13H2,1-5H3;2*1H;/q;;;+2/p-2. The van der Waals surface area contributed by atoms with Crippen LogP contribution in [0.4, 0.5) is 0 Å². The molecule has 2 aliphatic carbocycles. The molecule has 0 radical (unpaired) electrons. The largest absolute Gasteiger partial charge is 1.00 e. The zero-order chi connectivity index (χ0) is 15.0. The molecule has 1 unspecified atom stereocenters. The molecule has 1 atom stereocenters. The van der Waals surface area contributed by atoms with Crippen molar-refractivity contribution in [1.29, 1.82) is 0 Å². The van der Waals surface area contributed by atoms with Crippen LogP contribution in [0.2, 0.25) is 0 Å². The second kappa shape index (κ2) is 8.63. The Kier molecular flexibility index (Phi) is 8.86. The molecule has 0 aliphatic heterocycles. The fraction of sp³-hybridized carbons (Fsp3) is 0.556. The maximum Gasteiger partial charge on any atom is -1.00 e. The summed E-state index contributed by atoms with van der Waals surface area (Å²) in [6.45, 7) is 9.30. The van der Waals surface area contributed by atoms with Crippen LogP contribution < -0.4 is 24.8 Å². The first kappa shape index (κ1) is 22.6. The van der Waals surface area contributed by atoms with E-state index in [9.17, 15) is 0 Å². The van der Waals surface area contributed by atoms with Crippen LogP contribution in [0.1, 0.15) is 47.0 Å². The molecule has 0 aromatic rings. The summed E-state index contributed by atoms with van der Waals surface area (Å²) >= 11 is 4.32. The molecule has 2 rings (SSSR count). The molecule has 0 spiro atoms. The molecule has 0 nitrogen and oxygen atoms in total. The summed E-state index contributed by atoms with van der Waals surface area (Å²) in [5.74, 6) is 0. The van der Waals surface area contributed by atoms with Crippen molar-refractivity contribution in [3.63, 3.8) is 0 Å². The Bertz CT molecular complexity index is 524. The zero-order valence-corrected chi connectivity index (χ0v) is 18.0. The summed E-state index contributed by atoms with van der Waals surface area (Å²) < 4.78 is 1.79. The molecule has 0 saturated heterocycles. The number of allylic oxidation sites excluding steroid dienone is 7. The third-order valence-corrected chi connectivity index (χ3v) is 6.45. The first-order valence-corrected chi connectivity index (χ1v) is 9.34. The second-order valence-electron chi connectivity index (χ2n) is 6.95. The van der Waals surface area contributed by atoms with E-state index < -0.39 is 0 Å². The monoisotopic (exact) mass is 391 g/mol. The van der Waals surface area contributed by atoms with Gasteiger partial charge in [0.25, 0.3) is 0 Å². The first-order valence-electron chi connectivity index (χ1n) is 7.33. The number of thioether (sulfide) groups is 1. The number of rotatable bonds is 3. The molecular formula is C18H25Cl2STi. The van der Waals surface area contributed by atoms with Crippen LogP contribution in [0, 0.1) is 5.41 Å². The average Bonchev–Trinajstić information content (AvgIpc) is 2.76. The van der Waals surface area contributed by atoms with Crippen LogP contribution in [0.5, 0.6) is 0 Å². The molecule has 121 valence electrons. The number of hydrogen-bond donors (Lipinski definition) is 0.